The number of para-hydroxylation sites is 1. The Morgan fingerprint density at radius 2 is 1.60 bits per heavy atom. The maximum absolute atomic E-state index is 12.6. The molecule has 1 aliphatic heterocycles. The summed E-state index contributed by atoms with van der Waals surface area (Å²) in [7, 11) is 0. The Hall–Kier alpha value is -3.35. The lowest BCUT2D eigenvalue weighted by Crippen LogP contribution is -2.40. The number of piperidine rings is 1. The Morgan fingerprint density at radius 1 is 0.933 bits per heavy atom. The second-order valence-electron chi connectivity index (χ2n) is 7.37. The van der Waals surface area contributed by atoms with E-state index in [1.54, 1.807) is 36.4 Å². The first-order valence-corrected chi connectivity index (χ1v) is 10.1. The Morgan fingerprint density at radius 3 is 2.23 bits per heavy atom. The van der Waals surface area contributed by atoms with Gasteiger partial charge in [0.1, 0.15) is 5.75 Å². The molecule has 1 heterocycles. The number of hydrogen-bond donors (Lipinski definition) is 1. The first kappa shape index (κ1) is 21.4. The van der Waals surface area contributed by atoms with E-state index in [4.69, 9.17) is 10.5 Å². The van der Waals surface area contributed by atoms with Gasteiger partial charge in [-0.2, -0.15) is 0 Å². The lowest BCUT2D eigenvalue weighted by Gasteiger charge is -2.27. The van der Waals surface area contributed by atoms with Crippen molar-refractivity contribution in [1.29, 1.82) is 0 Å². The van der Waals surface area contributed by atoms with E-state index in [1.807, 2.05) is 23.1 Å². The van der Waals surface area contributed by atoms with E-state index in [-0.39, 0.29) is 31.5 Å². The smallest absolute Gasteiger partial charge is 0.261 e. The van der Waals surface area contributed by atoms with Crippen molar-refractivity contribution < 1.29 is 19.1 Å². The highest BCUT2D eigenvalue weighted by Gasteiger charge is 2.20. The minimum absolute atomic E-state index is 0.0302. The Balaban J connectivity index is 1.61. The molecule has 0 spiro atoms. The molecule has 0 bridgehead atoms. The number of primary amides is 1. The number of carbonyl (C=O) groups excluding carboxylic acids is 3. The van der Waals surface area contributed by atoms with Crippen LogP contribution >= 0.6 is 0 Å². The van der Waals surface area contributed by atoms with Crippen LogP contribution in [0, 0.1) is 0 Å². The molecule has 158 valence electrons. The van der Waals surface area contributed by atoms with E-state index in [9.17, 15) is 14.4 Å². The summed E-state index contributed by atoms with van der Waals surface area (Å²) < 4.78 is 5.49. The van der Waals surface area contributed by atoms with Gasteiger partial charge in [-0.3, -0.25) is 14.4 Å². The van der Waals surface area contributed by atoms with Crippen molar-refractivity contribution in [2.75, 3.05) is 26.2 Å². The predicted octanol–water partition coefficient (Wildman–Crippen LogP) is 2.21. The van der Waals surface area contributed by atoms with E-state index in [0.717, 1.165) is 31.5 Å². The van der Waals surface area contributed by atoms with Crippen LogP contribution in [0.25, 0.3) is 0 Å². The summed E-state index contributed by atoms with van der Waals surface area (Å²) in [4.78, 5) is 39.8. The number of amides is 3. The van der Waals surface area contributed by atoms with Crippen molar-refractivity contribution >= 4 is 17.7 Å². The van der Waals surface area contributed by atoms with Gasteiger partial charge in [0.15, 0.2) is 6.61 Å². The van der Waals surface area contributed by atoms with Crippen molar-refractivity contribution in [3.05, 3.63) is 65.7 Å². The minimum Gasteiger partial charge on any atom is -0.484 e. The Bertz CT molecular complexity index is 862. The first-order valence-electron chi connectivity index (χ1n) is 10.1. The molecule has 0 radical (unpaired) electrons. The zero-order valence-electron chi connectivity index (χ0n) is 17.0. The van der Waals surface area contributed by atoms with Crippen LogP contribution in [0.4, 0.5) is 0 Å². The fourth-order valence-electron chi connectivity index (χ4n) is 3.43. The van der Waals surface area contributed by atoms with Crippen molar-refractivity contribution in [3.63, 3.8) is 0 Å². The van der Waals surface area contributed by atoms with Crippen LogP contribution < -0.4 is 10.5 Å². The average Bonchev–Trinajstić information content (AvgIpc) is 2.78. The van der Waals surface area contributed by atoms with Gasteiger partial charge in [0.2, 0.25) is 5.91 Å². The second kappa shape index (κ2) is 10.4. The fraction of sp³-hybridized carbons (Fsp3) is 0.348. The van der Waals surface area contributed by atoms with Crippen molar-refractivity contribution in [1.82, 2.24) is 9.80 Å². The van der Waals surface area contributed by atoms with Gasteiger partial charge in [-0.1, -0.05) is 30.3 Å². The highest BCUT2D eigenvalue weighted by molar-refractivity contribution is 5.94. The molecule has 2 aromatic carbocycles. The van der Waals surface area contributed by atoms with Crippen LogP contribution in [0.3, 0.4) is 0 Å². The van der Waals surface area contributed by atoms with Crippen molar-refractivity contribution in [3.8, 4) is 5.75 Å². The lowest BCUT2D eigenvalue weighted by molar-refractivity contribution is -0.137. The quantitative estimate of drug-likeness (QED) is 0.723. The molecule has 7 nitrogen and oxygen atoms in total. The standard InChI is InChI=1S/C23H27N3O4/c24-21(27)16-26(22(28)17-30-20-7-3-1-4-8-20)15-18-9-11-19(12-10-18)23(29)25-13-5-2-6-14-25/h1,3-4,7-12H,2,5-6,13-17H2,(H2,24,27). The van der Waals surface area contributed by atoms with Crippen LogP contribution in [-0.2, 0) is 16.1 Å². The molecule has 1 fully saturated rings. The van der Waals surface area contributed by atoms with Crippen LogP contribution in [0.15, 0.2) is 54.6 Å². The number of benzene rings is 2. The van der Waals surface area contributed by atoms with Gasteiger partial charge in [0.05, 0.1) is 6.54 Å². The summed E-state index contributed by atoms with van der Waals surface area (Å²) in [6.07, 6.45) is 3.25. The van der Waals surface area contributed by atoms with E-state index in [1.165, 1.54) is 11.3 Å². The summed E-state index contributed by atoms with van der Waals surface area (Å²) >= 11 is 0. The third-order valence-electron chi connectivity index (χ3n) is 5.02. The molecular weight excluding hydrogens is 382 g/mol. The molecule has 0 atom stereocenters. The average molecular weight is 409 g/mol. The van der Waals surface area contributed by atoms with Gasteiger partial charge < -0.3 is 20.3 Å². The van der Waals surface area contributed by atoms with E-state index < -0.39 is 5.91 Å². The molecule has 2 N–H and O–H groups in total. The number of carbonyl (C=O) groups is 3. The van der Waals surface area contributed by atoms with Gasteiger partial charge in [-0.25, -0.2) is 0 Å². The number of rotatable bonds is 8. The number of nitrogens with zero attached hydrogens (tertiary/aromatic N) is 2. The number of nitrogens with two attached hydrogens (primary N) is 1. The number of ether oxygens (including phenoxy) is 1. The van der Waals surface area contributed by atoms with Crippen molar-refractivity contribution in [2.45, 2.75) is 25.8 Å². The highest BCUT2D eigenvalue weighted by Crippen LogP contribution is 2.15. The highest BCUT2D eigenvalue weighted by atomic mass is 16.5. The van der Waals surface area contributed by atoms with Gasteiger partial charge in [-0.15, -0.1) is 0 Å². The van der Waals surface area contributed by atoms with Crippen LogP contribution in [-0.4, -0.2) is 53.8 Å². The summed E-state index contributed by atoms with van der Waals surface area (Å²) in [5.74, 6) is -0.334. The van der Waals surface area contributed by atoms with Gasteiger partial charge >= 0.3 is 0 Å². The Labute approximate surface area is 176 Å². The summed E-state index contributed by atoms with van der Waals surface area (Å²) in [5.41, 5.74) is 6.75. The molecule has 3 rings (SSSR count). The molecule has 1 saturated heterocycles. The maximum atomic E-state index is 12.6. The van der Waals surface area contributed by atoms with Crippen LogP contribution in [0.2, 0.25) is 0 Å². The third kappa shape index (κ3) is 6.07. The Kier molecular flexibility index (Phi) is 7.43. The van der Waals surface area contributed by atoms with Crippen molar-refractivity contribution in [2.24, 2.45) is 5.73 Å². The van der Waals surface area contributed by atoms with Crippen LogP contribution in [0.1, 0.15) is 35.2 Å². The predicted molar refractivity (Wildman–Crippen MR) is 113 cm³/mol. The molecule has 1 aliphatic rings. The summed E-state index contributed by atoms with van der Waals surface area (Å²) in [5, 5.41) is 0. The molecular formula is C23H27N3O4. The monoisotopic (exact) mass is 409 g/mol. The van der Waals surface area contributed by atoms with Crippen LogP contribution in [0.5, 0.6) is 5.75 Å². The third-order valence-corrected chi connectivity index (χ3v) is 5.02. The SMILES string of the molecule is NC(=O)CN(Cc1ccc(C(=O)N2CCCCC2)cc1)C(=O)COc1ccccc1. The van der Waals surface area contributed by atoms with E-state index in [0.29, 0.717) is 11.3 Å². The second-order valence-corrected chi connectivity index (χ2v) is 7.37. The molecule has 7 heteroatoms. The molecule has 2 aromatic rings. The van der Waals surface area contributed by atoms with Gasteiger partial charge in [-0.05, 0) is 49.1 Å². The van der Waals surface area contributed by atoms with Gasteiger partial charge in [0.25, 0.3) is 11.8 Å². The normalized spacial score (nSPS) is 13.5. The fourth-order valence-corrected chi connectivity index (χ4v) is 3.43. The first-order chi connectivity index (χ1) is 14.5. The maximum Gasteiger partial charge on any atom is 0.261 e. The number of likely N-dealkylation sites (tertiary alicyclic amines) is 1. The molecule has 0 saturated carbocycles. The molecule has 30 heavy (non-hydrogen) atoms. The largest absolute Gasteiger partial charge is 0.484 e. The topological polar surface area (TPSA) is 92.9 Å². The lowest BCUT2D eigenvalue weighted by atomic mass is 10.1. The van der Waals surface area contributed by atoms with E-state index >= 15 is 0 Å². The van der Waals surface area contributed by atoms with E-state index in [2.05, 4.69) is 0 Å². The minimum atomic E-state index is -0.597. The zero-order valence-corrected chi connectivity index (χ0v) is 17.0. The number of hydrogen-bond acceptors (Lipinski definition) is 4. The summed E-state index contributed by atoms with van der Waals surface area (Å²) in [6, 6.07) is 16.1. The molecule has 3 amide bonds. The summed E-state index contributed by atoms with van der Waals surface area (Å²) in [6.45, 7) is 1.40. The molecule has 0 unspecified atom stereocenters. The molecule has 0 aromatic heterocycles. The zero-order chi connectivity index (χ0) is 21.3. The molecule has 0 aliphatic carbocycles. The van der Waals surface area contributed by atoms with Gasteiger partial charge in [0, 0.05) is 25.2 Å².